The van der Waals surface area contributed by atoms with E-state index >= 15 is 0 Å². The van der Waals surface area contributed by atoms with Gasteiger partial charge in [-0.25, -0.2) is 14.3 Å². The molecule has 4 rings (SSSR count). The van der Waals surface area contributed by atoms with E-state index in [9.17, 15) is 14.4 Å². The maximum atomic E-state index is 12.5. The summed E-state index contributed by atoms with van der Waals surface area (Å²) in [6, 6.07) is 17.9. The lowest BCUT2D eigenvalue weighted by molar-refractivity contribution is 0.103. The number of nitrogens with one attached hydrogen (secondary N) is 1. The maximum Gasteiger partial charge on any atom is 0.513 e. The number of carbonyl (C=O) groups is 3. The zero-order valence-corrected chi connectivity index (χ0v) is 22.3. The predicted molar refractivity (Wildman–Crippen MR) is 145 cm³/mol. The molecule has 202 valence electrons. The van der Waals surface area contributed by atoms with Crippen molar-refractivity contribution in [2.45, 2.75) is 25.8 Å². The van der Waals surface area contributed by atoms with E-state index in [4.69, 9.17) is 18.9 Å². The second-order valence-electron chi connectivity index (χ2n) is 7.80. The molecule has 0 aliphatic heterocycles. The van der Waals surface area contributed by atoms with E-state index < -0.39 is 12.3 Å². The molecule has 0 saturated heterocycles. The van der Waals surface area contributed by atoms with E-state index in [0.29, 0.717) is 17.3 Å². The summed E-state index contributed by atoms with van der Waals surface area (Å²) in [6.07, 6.45) is -1.87. The van der Waals surface area contributed by atoms with Crippen molar-refractivity contribution in [1.29, 1.82) is 0 Å². The number of thioether (sulfide) groups is 1. The average Bonchev–Trinajstić information content (AvgIpc) is 3.31. The standard InChI is InChI=1S/C27H26N4O7S/c1-4-28-25(32)39-24-23(20-13-9-11-17-10-7-8-12-19(17)20)31(30-29-24)21-15-14-18(37-26(33)35-5-2)16-22(21)38-27(34)36-6-3/h7-16H,4-6H2,1-3H3,(H,28,32). The van der Waals surface area contributed by atoms with Crippen LogP contribution in [0, 0.1) is 0 Å². The van der Waals surface area contributed by atoms with Gasteiger partial charge in [0.1, 0.15) is 17.1 Å². The van der Waals surface area contributed by atoms with Crippen LogP contribution in [0.3, 0.4) is 0 Å². The van der Waals surface area contributed by atoms with Crippen molar-refractivity contribution < 1.29 is 33.3 Å². The third-order valence-corrected chi connectivity index (χ3v) is 6.07. The second-order valence-corrected chi connectivity index (χ2v) is 8.76. The van der Waals surface area contributed by atoms with Crippen LogP contribution in [0.4, 0.5) is 14.4 Å². The van der Waals surface area contributed by atoms with Crippen LogP contribution in [-0.2, 0) is 9.47 Å². The third kappa shape index (κ3) is 6.47. The number of carbonyl (C=O) groups excluding carboxylic acids is 3. The van der Waals surface area contributed by atoms with Crippen molar-refractivity contribution in [2.75, 3.05) is 19.8 Å². The van der Waals surface area contributed by atoms with Crippen LogP contribution in [-0.4, -0.2) is 52.3 Å². The number of aromatic nitrogens is 3. The molecule has 0 fully saturated rings. The first kappa shape index (κ1) is 27.5. The number of fused-ring (bicyclic) bond motifs is 1. The largest absolute Gasteiger partial charge is 0.513 e. The Hall–Kier alpha value is -4.58. The molecule has 0 spiro atoms. The molecule has 12 heteroatoms. The summed E-state index contributed by atoms with van der Waals surface area (Å²) in [5.41, 5.74) is 1.53. The minimum absolute atomic E-state index is 0.0174. The highest BCUT2D eigenvalue weighted by molar-refractivity contribution is 8.13. The third-order valence-electron chi connectivity index (χ3n) is 5.27. The van der Waals surface area contributed by atoms with Crippen molar-refractivity contribution in [2.24, 2.45) is 0 Å². The highest BCUT2D eigenvalue weighted by Gasteiger charge is 2.24. The van der Waals surface area contributed by atoms with E-state index in [0.717, 1.165) is 28.1 Å². The molecule has 39 heavy (non-hydrogen) atoms. The zero-order chi connectivity index (χ0) is 27.8. The van der Waals surface area contributed by atoms with Gasteiger partial charge in [0.25, 0.3) is 5.24 Å². The summed E-state index contributed by atoms with van der Waals surface area (Å²) in [5.74, 6) is 0.0523. The van der Waals surface area contributed by atoms with Gasteiger partial charge in [-0.2, -0.15) is 0 Å². The number of benzene rings is 3. The number of amides is 1. The second kappa shape index (κ2) is 12.8. The van der Waals surface area contributed by atoms with Gasteiger partial charge in [-0.05, 0) is 55.4 Å². The number of nitrogens with zero attached hydrogens (tertiary/aromatic N) is 3. The molecular weight excluding hydrogens is 524 g/mol. The molecule has 1 aromatic heterocycles. The number of hydrogen-bond acceptors (Lipinski definition) is 10. The topological polar surface area (TPSA) is 131 Å². The SMILES string of the molecule is CCNC(=O)Sc1nnn(-c2ccc(OC(=O)OCC)cc2OC(=O)OCC)c1-c1cccc2ccccc12. The van der Waals surface area contributed by atoms with Gasteiger partial charge in [-0.1, -0.05) is 47.7 Å². The summed E-state index contributed by atoms with van der Waals surface area (Å²) in [4.78, 5) is 36.7. The Labute approximate surface area is 228 Å². The van der Waals surface area contributed by atoms with E-state index in [-0.39, 0.29) is 35.6 Å². The van der Waals surface area contributed by atoms with E-state index in [1.165, 1.54) is 16.8 Å². The van der Waals surface area contributed by atoms with Gasteiger partial charge < -0.3 is 24.3 Å². The Bertz CT molecular complexity index is 1500. The molecule has 0 unspecified atom stereocenters. The Morgan fingerprint density at radius 1 is 0.897 bits per heavy atom. The van der Waals surface area contributed by atoms with Crippen molar-refractivity contribution in [3.05, 3.63) is 60.7 Å². The highest BCUT2D eigenvalue weighted by atomic mass is 32.2. The molecule has 0 atom stereocenters. The first-order valence-corrected chi connectivity index (χ1v) is 13.0. The minimum atomic E-state index is -0.962. The Morgan fingerprint density at radius 3 is 2.36 bits per heavy atom. The van der Waals surface area contributed by atoms with Crippen LogP contribution in [0.5, 0.6) is 11.5 Å². The Balaban J connectivity index is 1.90. The quantitative estimate of drug-likeness (QED) is 0.159. The van der Waals surface area contributed by atoms with Crippen molar-refractivity contribution in [3.63, 3.8) is 0 Å². The van der Waals surface area contributed by atoms with Gasteiger partial charge in [0.15, 0.2) is 10.8 Å². The first-order chi connectivity index (χ1) is 18.9. The highest BCUT2D eigenvalue weighted by Crippen LogP contribution is 2.38. The van der Waals surface area contributed by atoms with E-state index in [1.54, 1.807) is 19.9 Å². The van der Waals surface area contributed by atoms with Gasteiger partial charge in [0.2, 0.25) is 0 Å². The molecule has 3 aromatic carbocycles. The van der Waals surface area contributed by atoms with E-state index in [2.05, 4.69) is 15.6 Å². The van der Waals surface area contributed by atoms with Crippen molar-refractivity contribution in [3.8, 4) is 28.4 Å². The molecule has 0 aliphatic carbocycles. The monoisotopic (exact) mass is 550 g/mol. The molecule has 0 aliphatic rings. The van der Waals surface area contributed by atoms with Crippen LogP contribution >= 0.6 is 11.8 Å². The van der Waals surface area contributed by atoms with Crippen LogP contribution < -0.4 is 14.8 Å². The number of ether oxygens (including phenoxy) is 4. The lowest BCUT2D eigenvalue weighted by Crippen LogP contribution is -2.17. The molecule has 0 radical (unpaired) electrons. The molecule has 0 saturated carbocycles. The minimum Gasteiger partial charge on any atom is -0.434 e. The van der Waals surface area contributed by atoms with Crippen molar-refractivity contribution in [1.82, 2.24) is 20.3 Å². The summed E-state index contributed by atoms with van der Waals surface area (Å²) in [7, 11) is 0. The number of rotatable bonds is 8. The Morgan fingerprint density at radius 2 is 1.62 bits per heavy atom. The van der Waals surface area contributed by atoms with Gasteiger partial charge in [0.05, 0.1) is 13.2 Å². The molecule has 1 amide bonds. The zero-order valence-electron chi connectivity index (χ0n) is 21.5. The van der Waals surface area contributed by atoms with E-state index in [1.807, 2.05) is 49.4 Å². The van der Waals surface area contributed by atoms with Gasteiger partial charge in [-0.3, -0.25) is 4.79 Å². The summed E-state index contributed by atoms with van der Waals surface area (Å²) in [6.45, 7) is 5.77. The fourth-order valence-electron chi connectivity index (χ4n) is 3.73. The van der Waals surface area contributed by atoms with Gasteiger partial charge >= 0.3 is 12.3 Å². The molecular formula is C27H26N4O7S. The lowest BCUT2D eigenvalue weighted by Gasteiger charge is -2.15. The molecule has 4 aromatic rings. The predicted octanol–water partition coefficient (Wildman–Crippen LogP) is 5.98. The average molecular weight is 551 g/mol. The first-order valence-electron chi connectivity index (χ1n) is 12.2. The van der Waals surface area contributed by atoms with Gasteiger partial charge in [0, 0.05) is 18.2 Å². The molecule has 1 N–H and O–H groups in total. The molecule has 0 bridgehead atoms. The Kier molecular flexibility index (Phi) is 9.00. The van der Waals surface area contributed by atoms with Crippen LogP contribution in [0.2, 0.25) is 0 Å². The summed E-state index contributed by atoms with van der Waals surface area (Å²) >= 11 is 0.896. The summed E-state index contributed by atoms with van der Waals surface area (Å²) < 4.78 is 21.9. The fourth-order valence-corrected chi connectivity index (χ4v) is 4.49. The van der Waals surface area contributed by atoms with Gasteiger partial charge in [-0.15, -0.1) is 5.10 Å². The normalized spacial score (nSPS) is 10.6. The van der Waals surface area contributed by atoms with Crippen molar-refractivity contribution >= 4 is 40.1 Å². The van der Waals surface area contributed by atoms with Crippen LogP contribution in [0.1, 0.15) is 20.8 Å². The summed E-state index contributed by atoms with van der Waals surface area (Å²) in [5, 5.41) is 13.3. The van der Waals surface area contributed by atoms with Crippen LogP contribution in [0.25, 0.3) is 27.7 Å². The maximum absolute atomic E-state index is 12.5. The lowest BCUT2D eigenvalue weighted by atomic mass is 10.0. The molecule has 11 nitrogen and oxygen atoms in total. The van der Waals surface area contributed by atoms with Crippen LogP contribution in [0.15, 0.2) is 65.7 Å². The number of hydrogen-bond donors (Lipinski definition) is 1. The molecule has 1 heterocycles. The fraction of sp³-hybridized carbons (Fsp3) is 0.222. The smallest absolute Gasteiger partial charge is 0.434 e.